The Morgan fingerprint density at radius 1 is 1.21 bits per heavy atom. The van der Waals surface area contributed by atoms with Crippen molar-refractivity contribution >= 4 is 29.4 Å². The Labute approximate surface area is 190 Å². The molecule has 3 rings (SSSR count). The molecule has 0 spiro atoms. The van der Waals surface area contributed by atoms with Crippen molar-refractivity contribution in [1.82, 2.24) is 9.97 Å². The van der Waals surface area contributed by atoms with E-state index in [2.05, 4.69) is 25.6 Å². The van der Waals surface area contributed by atoms with E-state index >= 15 is 0 Å². The van der Waals surface area contributed by atoms with Crippen LogP contribution < -0.4 is 16.4 Å². The molecule has 0 bridgehead atoms. The summed E-state index contributed by atoms with van der Waals surface area (Å²) in [7, 11) is 1.51. The molecule has 0 aliphatic heterocycles. The number of anilines is 3. The van der Waals surface area contributed by atoms with Gasteiger partial charge >= 0.3 is 6.18 Å². The quantitative estimate of drug-likeness (QED) is 0.192. The molecule has 176 valence electrons. The first kappa shape index (κ1) is 24.1. The molecule has 4 N–H and O–H groups in total. The third kappa shape index (κ3) is 5.62. The zero-order chi connectivity index (χ0) is 24.9. The predicted octanol–water partition coefficient (Wildman–Crippen LogP) is 4.87. The normalized spacial score (nSPS) is 12.1. The average Bonchev–Trinajstić information content (AvgIpc) is 2.80. The van der Waals surface area contributed by atoms with E-state index in [4.69, 9.17) is 5.73 Å². The van der Waals surface area contributed by atoms with E-state index in [1.165, 1.54) is 37.8 Å². The standard InChI is InChI=1S/C21H17F4N7O2/c1-27-10-14(9-26)29-20-28-11-16(12-2-4-13(5-3-12)21(23,24)25)19(31-20)30-18-8-15(32(33)34)6-7-17(18)22/h2-11H,26H2,1H3,(H2,28,29,30,31)/b14-9+,27-10?. The molecule has 0 saturated heterocycles. The van der Waals surface area contributed by atoms with Gasteiger partial charge in [-0.3, -0.25) is 15.1 Å². The number of allylic oxidation sites excluding steroid dienone is 1. The number of aliphatic imine (C=N–C) groups is 1. The summed E-state index contributed by atoms with van der Waals surface area (Å²) in [6.45, 7) is 0. The number of nitrogens with zero attached hydrogens (tertiary/aromatic N) is 4. The van der Waals surface area contributed by atoms with E-state index in [-0.39, 0.29) is 34.3 Å². The average molecular weight is 475 g/mol. The van der Waals surface area contributed by atoms with Crippen molar-refractivity contribution in [3.05, 3.63) is 82.1 Å². The topological polar surface area (TPSA) is 131 Å². The highest BCUT2D eigenvalue weighted by Gasteiger charge is 2.30. The first-order valence-corrected chi connectivity index (χ1v) is 9.49. The number of benzene rings is 2. The van der Waals surface area contributed by atoms with Crippen LogP contribution in [0, 0.1) is 15.9 Å². The molecular weight excluding hydrogens is 458 g/mol. The highest BCUT2D eigenvalue weighted by Crippen LogP contribution is 2.34. The second kappa shape index (κ2) is 9.94. The lowest BCUT2D eigenvalue weighted by Crippen LogP contribution is -2.09. The summed E-state index contributed by atoms with van der Waals surface area (Å²) in [6, 6.07) is 7.05. The number of halogens is 4. The summed E-state index contributed by atoms with van der Waals surface area (Å²) >= 11 is 0. The molecule has 1 heterocycles. The lowest BCUT2D eigenvalue weighted by Gasteiger charge is -2.14. The van der Waals surface area contributed by atoms with Gasteiger partial charge in [-0.05, 0) is 23.8 Å². The zero-order valence-electron chi connectivity index (χ0n) is 17.5. The third-order valence-electron chi connectivity index (χ3n) is 4.43. The number of alkyl halides is 3. The molecule has 0 amide bonds. The van der Waals surface area contributed by atoms with E-state index in [1.54, 1.807) is 0 Å². The number of rotatable bonds is 7. The minimum atomic E-state index is -4.53. The largest absolute Gasteiger partial charge is 0.416 e. The second-order valence-corrected chi connectivity index (χ2v) is 6.71. The Morgan fingerprint density at radius 3 is 2.50 bits per heavy atom. The van der Waals surface area contributed by atoms with E-state index < -0.39 is 22.5 Å². The van der Waals surface area contributed by atoms with E-state index in [0.717, 1.165) is 30.3 Å². The molecule has 13 heteroatoms. The summed E-state index contributed by atoms with van der Waals surface area (Å²) < 4.78 is 53.2. The van der Waals surface area contributed by atoms with Gasteiger partial charge in [0.25, 0.3) is 5.69 Å². The molecular formula is C21H17F4N7O2. The Hall–Kier alpha value is -4.55. The van der Waals surface area contributed by atoms with E-state index in [1.807, 2.05) is 0 Å². The maximum absolute atomic E-state index is 14.4. The predicted molar refractivity (Wildman–Crippen MR) is 119 cm³/mol. The van der Waals surface area contributed by atoms with Gasteiger partial charge in [0.1, 0.15) is 11.6 Å². The molecule has 0 aliphatic carbocycles. The molecule has 34 heavy (non-hydrogen) atoms. The number of hydrogen-bond acceptors (Lipinski definition) is 8. The molecule has 3 aromatic rings. The number of nitro groups is 1. The summed E-state index contributed by atoms with van der Waals surface area (Å²) in [6.07, 6.45) is -0.636. The molecule has 0 aliphatic rings. The fourth-order valence-corrected chi connectivity index (χ4v) is 2.82. The van der Waals surface area contributed by atoms with Crippen LogP contribution in [0.4, 0.5) is 40.7 Å². The number of aromatic nitrogens is 2. The van der Waals surface area contributed by atoms with E-state index in [9.17, 15) is 27.7 Å². The fourth-order valence-electron chi connectivity index (χ4n) is 2.82. The van der Waals surface area contributed by atoms with Crippen molar-refractivity contribution in [2.75, 3.05) is 17.7 Å². The van der Waals surface area contributed by atoms with Gasteiger partial charge in [-0.15, -0.1) is 0 Å². The summed E-state index contributed by atoms with van der Waals surface area (Å²) in [5, 5.41) is 16.5. The molecule has 1 aromatic heterocycles. The first-order chi connectivity index (χ1) is 16.1. The van der Waals surface area contributed by atoms with Crippen LogP contribution in [0.25, 0.3) is 11.1 Å². The van der Waals surface area contributed by atoms with Crippen molar-refractivity contribution in [1.29, 1.82) is 0 Å². The van der Waals surface area contributed by atoms with Gasteiger partial charge in [0.05, 0.1) is 21.9 Å². The van der Waals surface area contributed by atoms with Crippen LogP contribution >= 0.6 is 0 Å². The number of nitrogens with two attached hydrogens (primary N) is 1. The summed E-state index contributed by atoms with van der Waals surface area (Å²) in [4.78, 5) is 22.6. The Morgan fingerprint density at radius 2 is 1.91 bits per heavy atom. The molecule has 0 atom stereocenters. The van der Waals surface area contributed by atoms with Crippen molar-refractivity contribution in [3.63, 3.8) is 0 Å². The molecule has 0 saturated carbocycles. The second-order valence-electron chi connectivity index (χ2n) is 6.71. The SMILES string of the molecule is CN=C/C(=C\N)Nc1ncc(-c2ccc(C(F)(F)F)cc2)c(Nc2cc([N+](=O)[O-])ccc2F)n1. The van der Waals surface area contributed by atoms with Gasteiger partial charge in [-0.25, -0.2) is 9.37 Å². The molecule has 0 unspecified atom stereocenters. The van der Waals surface area contributed by atoms with Crippen molar-refractivity contribution < 1.29 is 22.5 Å². The smallest absolute Gasteiger partial charge is 0.403 e. The van der Waals surface area contributed by atoms with Crippen molar-refractivity contribution in [2.24, 2.45) is 10.7 Å². The van der Waals surface area contributed by atoms with Gasteiger partial charge in [0, 0.05) is 43.4 Å². The van der Waals surface area contributed by atoms with Crippen LogP contribution in [-0.4, -0.2) is 28.2 Å². The van der Waals surface area contributed by atoms with E-state index in [0.29, 0.717) is 5.70 Å². The Kier molecular flexibility index (Phi) is 7.04. The fraction of sp³-hybridized carbons (Fsp3) is 0.0952. The Bertz CT molecular complexity index is 1260. The van der Waals surface area contributed by atoms with Gasteiger partial charge in [0.2, 0.25) is 5.95 Å². The van der Waals surface area contributed by atoms with Crippen LogP contribution in [0.3, 0.4) is 0 Å². The molecule has 2 aromatic carbocycles. The minimum absolute atomic E-state index is 0.000556. The number of hydrogen-bond donors (Lipinski definition) is 3. The highest BCUT2D eigenvalue weighted by atomic mass is 19.4. The molecule has 0 radical (unpaired) electrons. The van der Waals surface area contributed by atoms with Crippen LogP contribution in [0.15, 0.2) is 65.6 Å². The summed E-state index contributed by atoms with van der Waals surface area (Å²) in [5.41, 5.74) is 4.85. The third-order valence-corrected chi connectivity index (χ3v) is 4.43. The van der Waals surface area contributed by atoms with Gasteiger partial charge in [-0.1, -0.05) is 12.1 Å². The zero-order valence-corrected chi connectivity index (χ0v) is 17.5. The van der Waals surface area contributed by atoms with Crippen LogP contribution in [0.2, 0.25) is 0 Å². The maximum Gasteiger partial charge on any atom is 0.416 e. The summed E-state index contributed by atoms with van der Waals surface area (Å²) in [5.74, 6) is -0.834. The Balaban J connectivity index is 2.09. The van der Waals surface area contributed by atoms with Crippen LogP contribution in [0.1, 0.15) is 5.56 Å². The molecule has 9 nitrogen and oxygen atoms in total. The van der Waals surface area contributed by atoms with Gasteiger partial charge < -0.3 is 16.4 Å². The molecule has 0 fully saturated rings. The highest BCUT2D eigenvalue weighted by molar-refractivity contribution is 5.83. The monoisotopic (exact) mass is 475 g/mol. The van der Waals surface area contributed by atoms with Crippen LogP contribution in [0.5, 0.6) is 0 Å². The number of non-ortho nitro benzene ring substituents is 1. The van der Waals surface area contributed by atoms with Crippen molar-refractivity contribution in [2.45, 2.75) is 6.18 Å². The lowest BCUT2D eigenvalue weighted by molar-refractivity contribution is -0.384. The number of nitrogens with one attached hydrogen (secondary N) is 2. The minimum Gasteiger partial charge on any atom is -0.403 e. The first-order valence-electron chi connectivity index (χ1n) is 9.49. The van der Waals surface area contributed by atoms with Crippen LogP contribution in [-0.2, 0) is 6.18 Å². The van der Waals surface area contributed by atoms with Gasteiger partial charge in [0.15, 0.2) is 0 Å². The van der Waals surface area contributed by atoms with Gasteiger partial charge in [-0.2, -0.15) is 18.2 Å². The lowest BCUT2D eigenvalue weighted by atomic mass is 10.1. The number of nitro benzene ring substituents is 1. The van der Waals surface area contributed by atoms with Crippen molar-refractivity contribution in [3.8, 4) is 11.1 Å². The maximum atomic E-state index is 14.4.